The first kappa shape index (κ1) is 16.3. The van der Waals surface area contributed by atoms with Gasteiger partial charge >= 0.3 is 0 Å². The zero-order valence-electron chi connectivity index (χ0n) is 13.2. The van der Waals surface area contributed by atoms with E-state index in [1.807, 2.05) is 0 Å². The number of aliphatic hydroxyl groups is 1. The van der Waals surface area contributed by atoms with Crippen molar-refractivity contribution >= 4 is 17.7 Å². The molecule has 3 amide bonds. The van der Waals surface area contributed by atoms with Crippen molar-refractivity contribution in [2.45, 2.75) is 24.5 Å². The fourth-order valence-electron chi connectivity index (χ4n) is 3.18. The molecule has 24 heavy (non-hydrogen) atoms. The van der Waals surface area contributed by atoms with Crippen LogP contribution in [0, 0.1) is 0 Å². The third-order valence-electron chi connectivity index (χ3n) is 4.37. The zero-order chi connectivity index (χ0) is 17.3. The molecule has 2 aliphatic heterocycles. The predicted octanol–water partition coefficient (Wildman–Crippen LogP) is -1.11. The van der Waals surface area contributed by atoms with Crippen LogP contribution >= 0.6 is 0 Å². The summed E-state index contributed by atoms with van der Waals surface area (Å²) in [6, 6.07) is 4.99. The van der Waals surface area contributed by atoms with E-state index in [2.05, 4.69) is 10.6 Å². The van der Waals surface area contributed by atoms with Crippen LogP contribution < -0.4 is 15.4 Å². The molecule has 0 aromatic heterocycles. The number of hydrogen-bond acceptors (Lipinski definition) is 5. The van der Waals surface area contributed by atoms with Crippen molar-refractivity contribution in [1.82, 2.24) is 15.5 Å². The Balaban J connectivity index is 1.71. The molecule has 3 N–H and O–H groups in total. The highest BCUT2D eigenvalue weighted by Gasteiger charge is 2.46. The van der Waals surface area contributed by atoms with Crippen molar-refractivity contribution in [3.05, 3.63) is 29.8 Å². The lowest BCUT2D eigenvalue weighted by molar-refractivity contribution is -0.148. The van der Waals surface area contributed by atoms with Crippen molar-refractivity contribution in [1.29, 1.82) is 0 Å². The third-order valence-corrected chi connectivity index (χ3v) is 4.37. The Hall–Kier alpha value is -2.61. The third kappa shape index (κ3) is 2.80. The van der Waals surface area contributed by atoms with Crippen LogP contribution in [-0.2, 0) is 9.59 Å². The van der Waals surface area contributed by atoms with Crippen LogP contribution in [0.3, 0.4) is 0 Å². The van der Waals surface area contributed by atoms with Crippen molar-refractivity contribution < 1.29 is 24.2 Å². The minimum absolute atomic E-state index is 0.244. The number of nitrogens with one attached hydrogen (secondary N) is 2. The van der Waals surface area contributed by atoms with Gasteiger partial charge in [0.15, 0.2) is 0 Å². The average molecular weight is 333 g/mol. The number of carbonyl (C=O) groups is 3. The van der Waals surface area contributed by atoms with Gasteiger partial charge in [0, 0.05) is 12.6 Å². The van der Waals surface area contributed by atoms with Gasteiger partial charge in [-0.05, 0) is 18.6 Å². The van der Waals surface area contributed by atoms with Crippen LogP contribution in [0.2, 0.25) is 0 Å². The van der Waals surface area contributed by atoms with Gasteiger partial charge < -0.3 is 25.4 Å². The molecule has 2 saturated heterocycles. The number of benzene rings is 1. The van der Waals surface area contributed by atoms with E-state index in [9.17, 15) is 19.5 Å². The second kappa shape index (κ2) is 6.48. The molecule has 8 heteroatoms. The summed E-state index contributed by atoms with van der Waals surface area (Å²) >= 11 is 0. The Morgan fingerprint density at radius 2 is 2.17 bits per heavy atom. The van der Waals surface area contributed by atoms with Gasteiger partial charge in [0.25, 0.3) is 5.91 Å². The van der Waals surface area contributed by atoms with Crippen LogP contribution in [0.15, 0.2) is 24.3 Å². The van der Waals surface area contributed by atoms with Crippen LogP contribution in [0.1, 0.15) is 16.8 Å². The maximum absolute atomic E-state index is 12.4. The highest BCUT2D eigenvalue weighted by atomic mass is 16.5. The standard InChI is InChI=1S/C16H19N3O5/c1-24-13-5-3-2-4-10(13)14(21)17-9-6-12-15(22)18-11(8-20)16(23)19(12)7-9/h2-5,9,11-12,20H,6-8H2,1H3,(H,17,21)(H,18,22)/t9-,11-,12-/m0/s1. The molecule has 2 heterocycles. The first-order valence-corrected chi connectivity index (χ1v) is 7.70. The highest BCUT2D eigenvalue weighted by Crippen LogP contribution is 2.24. The van der Waals surface area contributed by atoms with Crippen LogP contribution in [0.25, 0.3) is 0 Å². The molecule has 3 rings (SSSR count). The lowest BCUT2D eigenvalue weighted by atomic mass is 10.1. The van der Waals surface area contributed by atoms with Crippen molar-refractivity contribution in [2.24, 2.45) is 0 Å². The maximum atomic E-state index is 12.4. The van der Waals surface area contributed by atoms with Crippen molar-refractivity contribution in [3.63, 3.8) is 0 Å². The van der Waals surface area contributed by atoms with Gasteiger partial charge in [-0.15, -0.1) is 0 Å². The second-order valence-electron chi connectivity index (χ2n) is 5.86. The summed E-state index contributed by atoms with van der Waals surface area (Å²) in [5.74, 6) is -0.484. The summed E-state index contributed by atoms with van der Waals surface area (Å²) in [6.45, 7) is -0.194. The Labute approximate surface area is 138 Å². The molecule has 0 radical (unpaired) electrons. The highest BCUT2D eigenvalue weighted by molar-refractivity contribution is 5.99. The van der Waals surface area contributed by atoms with Crippen molar-refractivity contribution in [2.75, 3.05) is 20.3 Å². The number of piperazine rings is 1. The summed E-state index contributed by atoms with van der Waals surface area (Å²) < 4.78 is 5.17. The van der Waals surface area contributed by atoms with E-state index in [4.69, 9.17) is 4.74 Å². The van der Waals surface area contributed by atoms with E-state index in [0.29, 0.717) is 17.7 Å². The molecule has 1 aromatic rings. The number of methoxy groups -OCH3 is 1. The molecule has 1 aromatic carbocycles. The summed E-state index contributed by atoms with van der Waals surface area (Å²) in [5, 5.41) is 14.5. The fourth-order valence-corrected chi connectivity index (χ4v) is 3.18. The fraction of sp³-hybridized carbons (Fsp3) is 0.438. The van der Waals surface area contributed by atoms with E-state index < -0.39 is 18.7 Å². The number of aliphatic hydroxyl groups excluding tert-OH is 1. The molecule has 8 nitrogen and oxygen atoms in total. The number of nitrogens with zero attached hydrogens (tertiary/aromatic N) is 1. The number of carbonyl (C=O) groups excluding carboxylic acids is 3. The SMILES string of the molecule is COc1ccccc1C(=O)N[C@H]1C[C@H]2C(=O)N[C@@H](CO)C(=O)N2C1. The average Bonchev–Trinajstić information content (AvgIpc) is 3.02. The largest absolute Gasteiger partial charge is 0.496 e. The Morgan fingerprint density at radius 1 is 1.42 bits per heavy atom. The molecule has 128 valence electrons. The molecular formula is C16H19N3O5. The van der Waals surface area contributed by atoms with E-state index in [-0.39, 0.29) is 30.3 Å². The van der Waals surface area contributed by atoms with Gasteiger partial charge in [0.2, 0.25) is 11.8 Å². The molecule has 0 unspecified atom stereocenters. The summed E-state index contributed by atoms with van der Waals surface area (Å²) in [7, 11) is 1.49. The van der Waals surface area contributed by atoms with Crippen LogP contribution in [-0.4, -0.2) is 66.1 Å². The molecule has 2 fully saturated rings. The predicted molar refractivity (Wildman–Crippen MR) is 83.4 cm³/mol. The number of para-hydroxylation sites is 1. The smallest absolute Gasteiger partial charge is 0.255 e. The van der Waals surface area contributed by atoms with Gasteiger partial charge in [-0.3, -0.25) is 14.4 Å². The van der Waals surface area contributed by atoms with Gasteiger partial charge in [-0.1, -0.05) is 12.1 Å². The molecule has 0 aliphatic carbocycles. The summed E-state index contributed by atoms with van der Waals surface area (Å²) in [4.78, 5) is 38.1. The topological polar surface area (TPSA) is 108 Å². The second-order valence-corrected chi connectivity index (χ2v) is 5.86. The number of amides is 3. The van der Waals surface area contributed by atoms with Gasteiger partial charge in [-0.2, -0.15) is 0 Å². The Morgan fingerprint density at radius 3 is 2.88 bits per heavy atom. The lowest BCUT2D eigenvalue weighted by Crippen LogP contribution is -2.62. The molecule has 3 atom stereocenters. The number of ether oxygens (including phenoxy) is 1. The minimum atomic E-state index is -0.905. The lowest BCUT2D eigenvalue weighted by Gasteiger charge is -2.33. The summed E-state index contributed by atoms with van der Waals surface area (Å²) in [5.41, 5.74) is 0.397. The molecule has 0 bridgehead atoms. The quantitative estimate of drug-likeness (QED) is 0.647. The minimum Gasteiger partial charge on any atom is -0.496 e. The van der Waals surface area contributed by atoms with Crippen molar-refractivity contribution in [3.8, 4) is 5.75 Å². The molecule has 2 aliphatic rings. The zero-order valence-corrected chi connectivity index (χ0v) is 13.2. The number of fused-ring (bicyclic) bond motifs is 1. The van der Waals surface area contributed by atoms with Gasteiger partial charge in [0.05, 0.1) is 19.3 Å². The Kier molecular flexibility index (Phi) is 4.39. The number of rotatable bonds is 4. The number of hydrogen-bond donors (Lipinski definition) is 3. The van der Waals surface area contributed by atoms with E-state index in [1.54, 1.807) is 24.3 Å². The van der Waals surface area contributed by atoms with Gasteiger partial charge in [0.1, 0.15) is 17.8 Å². The van der Waals surface area contributed by atoms with E-state index in [1.165, 1.54) is 12.0 Å². The van der Waals surface area contributed by atoms with Gasteiger partial charge in [-0.25, -0.2) is 0 Å². The normalized spacial score (nSPS) is 25.9. The maximum Gasteiger partial charge on any atom is 0.255 e. The van der Waals surface area contributed by atoms with Crippen LogP contribution in [0.4, 0.5) is 0 Å². The molecule has 0 saturated carbocycles. The first-order valence-electron chi connectivity index (χ1n) is 7.70. The van der Waals surface area contributed by atoms with E-state index in [0.717, 1.165) is 0 Å². The molecular weight excluding hydrogens is 314 g/mol. The first-order chi connectivity index (χ1) is 11.5. The van der Waals surface area contributed by atoms with Crippen LogP contribution in [0.5, 0.6) is 5.75 Å². The monoisotopic (exact) mass is 333 g/mol. The summed E-state index contributed by atoms with van der Waals surface area (Å²) in [6.07, 6.45) is 0.344. The Bertz CT molecular complexity index is 677. The van der Waals surface area contributed by atoms with E-state index >= 15 is 0 Å². The molecule has 0 spiro atoms.